The number of aromatic nitrogens is 2. The van der Waals surface area contributed by atoms with Gasteiger partial charge in [0.1, 0.15) is 5.82 Å². The van der Waals surface area contributed by atoms with Crippen LogP contribution in [0.4, 0.5) is 10.1 Å². The lowest BCUT2D eigenvalue weighted by Gasteiger charge is -2.33. The van der Waals surface area contributed by atoms with Crippen molar-refractivity contribution in [2.75, 3.05) is 18.0 Å². The molecule has 0 radical (unpaired) electrons. The molecule has 0 aromatic carbocycles. The van der Waals surface area contributed by atoms with Crippen LogP contribution in [0.25, 0.3) is 0 Å². The molecule has 0 atom stereocenters. The van der Waals surface area contributed by atoms with Gasteiger partial charge in [-0.1, -0.05) is 6.07 Å². The highest BCUT2D eigenvalue weighted by molar-refractivity contribution is 5.44. The van der Waals surface area contributed by atoms with Gasteiger partial charge in [0, 0.05) is 31.5 Å². The molecule has 0 saturated carbocycles. The number of piperidine rings is 1. The third kappa shape index (κ3) is 3.13. The summed E-state index contributed by atoms with van der Waals surface area (Å²) in [6.07, 6.45) is 10.1. The van der Waals surface area contributed by atoms with Gasteiger partial charge < -0.3 is 4.90 Å². The Labute approximate surface area is 118 Å². The Kier molecular flexibility index (Phi) is 3.90. The minimum absolute atomic E-state index is 0.264. The molecule has 3 nitrogen and oxygen atoms in total. The lowest BCUT2D eigenvalue weighted by molar-refractivity contribution is 0.403. The van der Waals surface area contributed by atoms with Gasteiger partial charge in [-0.2, -0.15) is 0 Å². The molecule has 3 rings (SSSR count). The fraction of sp³-hybridized carbons (Fsp3) is 0.375. The monoisotopic (exact) mass is 271 g/mol. The summed E-state index contributed by atoms with van der Waals surface area (Å²) >= 11 is 0. The first-order valence-corrected chi connectivity index (χ1v) is 7.05. The first-order chi connectivity index (χ1) is 9.81. The second kappa shape index (κ2) is 5.99. The highest BCUT2D eigenvalue weighted by atomic mass is 19.1. The molecule has 1 aliphatic heterocycles. The molecule has 20 heavy (non-hydrogen) atoms. The van der Waals surface area contributed by atoms with E-state index in [0.29, 0.717) is 5.92 Å². The topological polar surface area (TPSA) is 29.0 Å². The number of anilines is 1. The van der Waals surface area contributed by atoms with E-state index in [1.807, 2.05) is 18.5 Å². The summed E-state index contributed by atoms with van der Waals surface area (Å²) in [6.45, 7) is 1.94. The van der Waals surface area contributed by atoms with Crippen LogP contribution in [0.3, 0.4) is 0 Å². The van der Waals surface area contributed by atoms with Gasteiger partial charge in [0.05, 0.1) is 18.1 Å². The molecule has 0 unspecified atom stereocenters. The van der Waals surface area contributed by atoms with Gasteiger partial charge >= 0.3 is 0 Å². The van der Waals surface area contributed by atoms with E-state index < -0.39 is 0 Å². The summed E-state index contributed by atoms with van der Waals surface area (Å²) < 4.78 is 13.2. The number of rotatable bonds is 3. The van der Waals surface area contributed by atoms with Crippen LogP contribution < -0.4 is 4.90 Å². The molecule has 1 fully saturated rings. The van der Waals surface area contributed by atoms with Gasteiger partial charge in [-0.15, -0.1) is 0 Å². The molecule has 0 spiro atoms. The summed E-state index contributed by atoms with van der Waals surface area (Å²) in [7, 11) is 0. The molecule has 2 aromatic rings. The molecule has 104 valence electrons. The number of nitrogens with zero attached hydrogens (tertiary/aromatic N) is 3. The molecule has 0 bridgehead atoms. The molecule has 2 aromatic heterocycles. The smallest absolute Gasteiger partial charge is 0.143 e. The second-order valence-corrected chi connectivity index (χ2v) is 5.36. The van der Waals surface area contributed by atoms with Gasteiger partial charge in [-0.25, -0.2) is 4.39 Å². The van der Waals surface area contributed by atoms with Crippen molar-refractivity contribution in [2.24, 2.45) is 5.92 Å². The highest BCUT2D eigenvalue weighted by Crippen LogP contribution is 2.25. The van der Waals surface area contributed by atoms with E-state index in [9.17, 15) is 4.39 Å². The van der Waals surface area contributed by atoms with Crippen LogP contribution in [0, 0.1) is 11.7 Å². The normalized spacial score (nSPS) is 16.4. The number of halogens is 1. The van der Waals surface area contributed by atoms with Gasteiger partial charge in [-0.05, 0) is 36.8 Å². The van der Waals surface area contributed by atoms with Gasteiger partial charge in [-0.3, -0.25) is 9.97 Å². The number of pyridine rings is 2. The van der Waals surface area contributed by atoms with Crippen molar-refractivity contribution in [1.82, 2.24) is 9.97 Å². The fourth-order valence-corrected chi connectivity index (χ4v) is 2.82. The summed E-state index contributed by atoms with van der Waals surface area (Å²) in [6, 6.07) is 5.69. The molecule has 3 heterocycles. The van der Waals surface area contributed by atoms with Crippen molar-refractivity contribution < 1.29 is 4.39 Å². The van der Waals surface area contributed by atoms with Crippen LogP contribution in [-0.2, 0) is 6.42 Å². The molecular formula is C16H18FN3. The molecule has 0 aliphatic carbocycles. The van der Waals surface area contributed by atoms with Gasteiger partial charge in [0.2, 0.25) is 0 Å². The van der Waals surface area contributed by atoms with E-state index in [-0.39, 0.29) is 5.82 Å². The maximum atomic E-state index is 13.2. The Morgan fingerprint density at radius 3 is 2.70 bits per heavy atom. The SMILES string of the molecule is Fc1cncc(N2CCC(Cc3cccnc3)CC2)c1. The Hall–Kier alpha value is -1.97. The molecule has 0 N–H and O–H groups in total. The van der Waals surface area contributed by atoms with E-state index in [1.54, 1.807) is 12.3 Å². The predicted octanol–water partition coefficient (Wildman–Crippen LogP) is 3.07. The first-order valence-electron chi connectivity index (χ1n) is 7.05. The van der Waals surface area contributed by atoms with Crippen LogP contribution >= 0.6 is 0 Å². The van der Waals surface area contributed by atoms with E-state index in [2.05, 4.69) is 20.9 Å². The molecule has 1 saturated heterocycles. The Balaban J connectivity index is 1.57. The molecule has 1 aliphatic rings. The van der Waals surface area contributed by atoms with Crippen LogP contribution in [0.2, 0.25) is 0 Å². The van der Waals surface area contributed by atoms with E-state index in [4.69, 9.17) is 0 Å². The summed E-state index contributed by atoms with van der Waals surface area (Å²) in [5.74, 6) is 0.428. The summed E-state index contributed by atoms with van der Waals surface area (Å²) in [5, 5.41) is 0. The van der Waals surface area contributed by atoms with Crippen LogP contribution in [0.5, 0.6) is 0 Å². The lowest BCUT2D eigenvalue weighted by atomic mass is 9.90. The van der Waals surface area contributed by atoms with Crippen molar-refractivity contribution in [3.8, 4) is 0 Å². The van der Waals surface area contributed by atoms with Crippen molar-refractivity contribution in [3.05, 3.63) is 54.4 Å². The predicted molar refractivity (Wildman–Crippen MR) is 77.1 cm³/mol. The Bertz CT molecular complexity index is 551. The number of hydrogen-bond acceptors (Lipinski definition) is 3. The zero-order valence-corrected chi connectivity index (χ0v) is 11.4. The van der Waals surface area contributed by atoms with Crippen molar-refractivity contribution in [1.29, 1.82) is 0 Å². The fourth-order valence-electron chi connectivity index (χ4n) is 2.82. The van der Waals surface area contributed by atoms with Crippen molar-refractivity contribution in [3.63, 3.8) is 0 Å². The quantitative estimate of drug-likeness (QED) is 0.859. The van der Waals surface area contributed by atoms with Crippen LogP contribution in [0.1, 0.15) is 18.4 Å². The van der Waals surface area contributed by atoms with E-state index in [1.165, 1.54) is 11.8 Å². The first kappa shape index (κ1) is 13.0. The van der Waals surface area contributed by atoms with Crippen molar-refractivity contribution in [2.45, 2.75) is 19.3 Å². The zero-order valence-electron chi connectivity index (χ0n) is 11.4. The Morgan fingerprint density at radius 2 is 2.00 bits per heavy atom. The van der Waals surface area contributed by atoms with Gasteiger partial charge in [0.15, 0.2) is 0 Å². The maximum Gasteiger partial charge on any atom is 0.143 e. The molecular weight excluding hydrogens is 253 g/mol. The number of hydrogen-bond donors (Lipinski definition) is 0. The molecule has 4 heteroatoms. The molecule has 0 amide bonds. The third-order valence-corrected chi connectivity index (χ3v) is 3.92. The van der Waals surface area contributed by atoms with E-state index in [0.717, 1.165) is 38.0 Å². The third-order valence-electron chi connectivity index (χ3n) is 3.92. The van der Waals surface area contributed by atoms with E-state index >= 15 is 0 Å². The largest absolute Gasteiger partial charge is 0.370 e. The van der Waals surface area contributed by atoms with Crippen molar-refractivity contribution >= 4 is 5.69 Å². The van der Waals surface area contributed by atoms with Crippen LogP contribution in [0.15, 0.2) is 43.0 Å². The Morgan fingerprint density at radius 1 is 1.15 bits per heavy atom. The maximum absolute atomic E-state index is 13.2. The second-order valence-electron chi connectivity index (χ2n) is 5.36. The zero-order chi connectivity index (χ0) is 13.8. The summed E-state index contributed by atoms with van der Waals surface area (Å²) in [4.78, 5) is 10.3. The summed E-state index contributed by atoms with van der Waals surface area (Å²) in [5.41, 5.74) is 2.20. The standard InChI is InChI=1S/C16H18FN3/c17-15-9-16(12-19-11-15)20-6-3-13(4-7-20)8-14-2-1-5-18-10-14/h1-2,5,9-13H,3-4,6-8H2. The average molecular weight is 271 g/mol. The van der Waals surface area contributed by atoms with Gasteiger partial charge in [0.25, 0.3) is 0 Å². The van der Waals surface area contributed by atoms with Crippen LogP contribution in [-0.4, -0.2) is 23.1 Å². The minimum atomic E-state index is -0.264. The highest BCUT2D eigenvalue weighted by Gasteiger charge is 2.20. The minimum Gasteiger partial charge on any atom is -0.370 e. The lowest BCUT2D eigenvalue weighted by Crippen LogP contribution is -2.34. The average Bonchev–Trinajstić information content (AvgIpc) is 2.49.